The number of aliphatic imine (C=N–C) groups is 1. The van der Waals surface area contributed by atoms with E-state index in [0.29, 0.717) is 25.0 Å². The summed E-state index contributed by atoms with van der Waals surface area (Å²) in [4.78, 5) is 22.0. The number of likely N-dealkylation sites (tertiary alicyclic amines) is 1. The van der Waals surface area contributed by atoms with Gasteiger partial charge in [0.15, 0.2) is 5.96 Å². The molecule has 32 heavy (non-hydrogen) atoms. The number of guanidine groups is 1. The fourth-order valence-electron chi connectivity index (χ4n) is 4.27. The number of halogens is 1. The van der Waals surface area contributed by atoms with Crippen molar-refractivity contribution in [3.05, 3.63) is 29.8 Å². The average Bonchev–Trinajstić information content (AvgIpc) is 2.83. The zero-order valence-electron chi connectivity index (χ0n) is 19.7. The standard InChI is InChI=1S/C24H38N4O3.HI/c1-4-25-24(26-12-9-19(2)20-5-7-22(30-3)8-6-20)28-13-10-21(11-14-28)23(29)27-15-17-31-18-16-27;/h5-8,19,21H,4,9-18H2,1-3H3,(H,25,26);1H. The second-order valence-electron chi connectivity index (χ2n) is 8.40. The number of carbonyl (C=O) groups excluding carboxylic acids is 1. The third-order valence-corrected chi connectivity index (χ3v) is 6.31. The van der Waals surface area contributed by atoms with Crippen LogP contribution in [-0.2, 0) is 9.53 Å². The number of nitrogens with one attached hydrogen (secondary N) is 1. The molecule has 0 bridgehead atoms. The van der Waals surface area contributed by atoms with Crippen molar-refractivity contribution in [1.82, 2.24) is 15.1 Å². The molecule has 0 saturated carbocycles. The third-order valence-electron chi connectivity index (χ3n) is 6.31. The van der Waals surface area contributed by atoms with Crippen LogP contribution in [-0.4, -0.2) is 81.3 Å². The molecule has 2 saturated heterocycles. The van der Waals surface area contributed by atoms with Gasteiger partial charge in [-0.05, 0) is 49.8 Å². The molecule has 0 aromatic heterocycles. The van der Waals surface area contributed by atoms with Gasteiger partial charge in [0, 0.05) is 45.2 Å². The Labute approximate surface area is 209 Å². The van der Waals surface area contributed by atoms with Gasteiger partial charge in [-0.15, -0.1) is 24.0 Å². The summed E-state index contributed by atoms with van der Waals surface area (Å²) >= 11 is 0. The monoisotopic (exact) mass is 558 g/mol. The molecule has 1 aromatic carbocycles. The highest BCUT2D eigenvalue weighted by Gasteiger charge is 2.30. The summed E-state index contributed by atoms with van der Waals surface area (Å²) in [6.07, 6.45) is 2.78. The van der Waals surface area contributed by atoms with Crippen LogP contribution in [0.4, 0.5) is 0 Å². The largest absolute Gasteiger partial charge is 0.497 e. The van der Waals surface area contributed by atoms with E-state index in [9.17, 15) is 4.79 Å². The van der Waals surface area contributed by atoms with E-state index in [1.807, 2.05) is 17.0 Å². The van der Waals surface area contributed by atoms with E-state index in [4.69, 9.17) is 14.5 Å². The first kappa shape index (κ1) is 26.7. The smallest absolute Gasteiger partial charge is 0.225 e. The summed E-state index contributed by atoms with van der Waals surface area (Å²) in [7, 11) is 1.69. The fourth-order valence-corrected chi connectivity index (χ4v) is 4.27. The van der Waals surface area contributed by atoms with Crippen LogP contribution in [0, 0.1) is 5.92 Å². The molecule has 1 atom stereocenters. The number of morpholine rings is 1. The van der Waals surface area contributed by atoms with Crippen LogP contribution in [0.1, 0.15) is 44.6 Å². The van der Waals surface area contributed by atoms with E-state index in [-0.39, 0.29) is 29.9 Å². The summed E-state index contributed by atoms with van der Waals surface area (Å²) in [6.45, 7) is 10.5. The lowest BCUT2D eigenvalue weighted by Gasteiger charge is -2.36. The second kappa shape index (κ2) is 13.9. The van der Waals surface area contributed by atoms with E-state index in [1.165, 1.54) is 5.56 Å². The van der Waals surface area contributed by atoms with Gasteiger partial charge in [0.25, 0.3) is 0 Å². The van der Waals surface area contributed by atoms with Gasteiger partial charge in [-0.3, -0.25) is 9.79 Å². The van der Waals surface area contributed by atoms with Gasteiger partial charge in [-0.2, -0.15) is 0 Å². The van der Waals surface area contributed by atoms with Crippen LogP contribution in [0.5, 0.6) is 5.75 Å². The maximum absolute atomic E-state index is 12.8. The average molecular weight is 559 g/mol. The SMILES string of the molecule is CCNC(=NCCC(C)c1ccc(OC)cc1)N1CCC(C(=O)N2CCOCC2)CC1.I. The molecule has 2 aliphatic heterocycles. The Morgan fingerprint density at radius 1 is 1.16 bits per heavy atom. The quantitative estimate of drug-likeness (QED) is 0.316. The summed E-state index contributed by atoms with van der Waals surface area (Å²) in [5, 5.41) is 3.44. The number of nitrogens with zero attached hydrogens (tertiary/aromatic N) is 3. The number of rotatable bonds is 7. The van der Waals surface area contributed by atoms with E-state index in [2.05, 4.69) is 36.2 Å². The van der Waals surface area contributed by atoms with Crippen molar-refractivity contribution < 1.29 is 14.3 Å². The van der Waals surface area contributed by atoms with E-state index < -0.39 is 0 Å². The topological polar surface area (TPSA) is 66.4 Å². The Morgan fingerprint density at radius 2 is 1.81 bits per heavy atom. The molecule has 0 spiro atoms. The molecule has 8 heteroatoms. The predicted molar refractivity (Wildman–Crippen MR) is 139 cm³/mol. The van der Waals surface area contributed by atoms with Gasteiger partial charge in [0.2, 0.25) is 5.91 Å². The van der Waals surface area contributed by atoms with Crippen molar-refractivity contribution >= 4 is 35.8 Å². The van der Waals surface area contributed by atoms with Gasteiger partial charge in [-0.1, -0.05) is 19.1 Å². The van der Waals surface area contributed by atoms with Crippen molar-refractivity contribution in [2.45, 2.75) is 39.0 Å². The van der Waals surface area contributed by atoms with E-state index >= 15 is 0 Å². The molecule has 0 radical (unpaired) electrons. The normalized spacial score (nSPS) is 18.7. The second-order valence-corrected chi connectivity index (χ2v) is 8.40. The number of piperidine rings is 1. The maximum atomic E-state index is 12.8. The minimum absolute atomic E-state index is 0. The third kappa shape index (κ3) is 7.50. The van der Waals surface area contributed by atoms with Crippen LogP contribution in [0.15, 0.2) is 29.3 Å². The molecule has 180 valence electrons. The number of benzene rings is 1. The Hall–Kier alpha value is -1.55. The van der Waals surface area contributed by atoms with Crippen LogP contribution >= 0.6 is 24.0 Å². The molecular weight excluding hydrogens is 519 g/mol. The zero-order chi connectivity index (χ0) is 22.1. The maximum Gasteiger partial charge on any atom is 0.225 e. The molecule has 2 fully saturated rings. The van der Waals surface area contributed by atoms with Crippen molar-refractivity contribution in [2.24, 2.45) is 10.9 Å². The first-order valence-electron chi connectivity index (χ1n) is 11.7. The summed E-state index contributed by atoms with van der Waals surface area (Å²) in [6, 6.07) is 8.30. The fraction of sp³-hybridized carbons (Fsp3) is 0.667. The van der Waals surface area contributed by atoms with Gasteiger partial charge in [0.05, 0.1) is 20.3 Å². The lowest BCUT2D eigenvalue weighted by Crippen LogP contribution is -2.50. The number of hydrogen-bond acceptors (Lipinski definition) is 4. The molecule has 1 amide bonds. The Balaban J connectivity index is 0.00000363. The minimum atomic E-state index is 0. The number of methoxy groups -OCH3 is 1. The number of carbonyl (C=O) groups is 1. The molecular formula is C24H39IN4O3. The molecule has 0 aliphatic carbocycles. The Kier molecular flexibility index (Phi) is 11.6. The van der Waals surface area contributed by atoms with Crippen LogP contribution in [0.2, 0.25) is 0 Å². The molecule has 2 aliphatic rings. The number of amides is 1. The van der Waals surface area contributed by atoms with Crippen molar-refractivity contribution in [3.8, 4) is 5.75 Å². The molecule has 1 N–H and O–H groups in total. The molecule has 1 aromatic rings. The Morgan fingerprint density at radius 3 is 2.41 bits per heavy atom. The highest BCUT2D eigenvalue weighted by atomic mass is 127. The van der Waals surface area contributed by atoms with E-state index in [0.717, 1.165) is 70.2 Å². The van der Waals surface area contributed by atoms with Gasteiger partial charge in [0.1, 0.15) is 5.75 Å². The van der Waals surface area contributed by atoms with Crippen LogP contribution in [0.3, 0.4) is 0 Å². The predicted octanol–water partition coefficient (Wildman–Crippen LogP) is 3.34. The van der Waals surface area contributed by atoms with Gasteiger partial charge in [-0.25, -0.2) is 0 Å². The minimum Gasteiger partial charge on any atom is -0.497 e. The molecule has 2 heterocycles. The Bertz CT molecular complexity index is 714. The summed E-state index contributed by atoms with van der Waals surface area (Å²) < 4.78 is 10.6. The lowest BCUT2D eigenvalue weighted by atomic mass is 9.95. The van der Waals surface area contributed by atoms with Crippen LogP contribution < -0.4 is 10.1 Å². The van der Waals surface area contributed by atoms with Crippen molar-refractivity contribution in [2.75, 3.05) is 59.6 Å². The van der Waals surface area contributed by atoms with E-state index in [1.54, 1.807) is 7.11 Å². The lowest BCUT2D eigenvalue weighted by molar-refractivity contribution is -0.140. The highest BCUT2D eigenvalue weighted by molar-refractivity contribution is 14.0. The summed E-state index contributed by atoms with van der Waals surface area (Å²) in [5.74, 6) is 2.74. The molecule has 3 rings (SSSR count). The van der Waals surface area contributed by atoms with Gasteiger partial charge < -0.3 is 24.6 Å². The van der Waals surface area contributed by atoms with Crippen molar-refractivity contribution in [1.29, 1.82) is 0 Å². The van der Waals surface area contributed by atoms with Crippen molar-refractivity contribution in [3.63, 3.8) is 0 Å². The summed E-state index contributed by atoms with van der Waals surface area (Å²) in [5.41, 5.74) is 1.31. The van der Waals surface area contributed by atoms with Gasteiger partial charge >= 0.3 is 0 Å². The zero-order valence-corrected chi connectivity index (χ0v) is 22.0. The first-order chi connectivity index (χ1) is 15.1. The highest BCUT2D eigenvalue weighted by Crippen LogP contribution is 2.23. The first-order valence-corrected chi connectivity index (χ1v) is 11.7. The molecule has 7 nitrogen and oxygen atoms in total. The molecule has 1 unspecified atom stereocenters. The number of hydrogen-bond donors (Lipinski definition) is 1. The van der Waals surface area contributed by atoms with Crippen LogP contribution in [0.25, 0.3) is 0 Å². The number of ether oxygens (including phenoxy) is 2.